The van der Waals surface area contributed by atoms with Crippen molar-refractivity contribution in [3.05, 3.63) is 0 Å². The summed E-state index contributed by atoms with van der Waals surface area (Å²) in [6, 6.07) is 0. The molecule has 2 unspecified atom stereocenters. The predicted octanol–water partition coefficient (Wildman–Crippen LogP) is 2.17. The maximum Gasteiger partial charge on any atom is 0.138 e. The van der Waals surface area contributed by atoms with Gasteiger partial charge in [-0.1, -0.05) is 6.42 Å². The Hall–Kier alpha value is -0.370. The Balaban J connectivity index is 2.42. The molecule has 0 N–H and O–H groups in total. The molecule has 1 rings (SSSR count). The van der Waals surface area contributed by atoms with Gasteiger partial charge in [0.25, 0.3) is 0 Å². The van der Waals surface area contributed by atoms with Crippen LogP contribution in [0.2, 0.25) is 0 Å². The van der Waals surface area contributed by atoms with Crippen LogP contribution in [0.1, 0.15) is 39.5 Å². The second kappa shape index (κ2) is 4.61. The van der Waals surface area contributed by atoms with E-state index < -0.39 is 0 Å². The van der Waals surface area contributed by atoms with Crippen LogP contribution in [0.25, 0.3) is 0 Å². The van der Waals surface area contributed by atoms with Gasteiger partial charge in [0.05, 0.1) is 6.10 Å². The van der Waals surface area contributed by atoms with E-state index in [9.17, 15) is 4.79 Å². The molecule has 0 heterocycles. The number of rotatable bonds is 3. The maximum absolute atomic E-state index is 11.4. The van der Waals surface area contributed by atoms with Crippen LogP contribution in [-0.2, 0) is 9.53 Å². The molecule has 1 fully saturated rings. The molecular formula is C10H18O2. The van der Waals surface area contributed by atoms with Crippen LogP contribution in [-0.4, -0.2) is 18.5 Å². The van der Waals surface area contributed by atoms with E-state index in [0.29, 0.717) is 12.4 Å². The summed E-state index contributed by atoms with van der Waals surface area (Å²) in [4.78, 5) is 11.4. The molecule has 2 atom stereocenters. The second-order valence-corrected chi connectivity index (χ2v) is 3.48. The first kappa shape index (κ1) is 9.72. The smallest absolute Gasteiger partial charge is 0.138 e. The molecule has 0 aliphatic heterocycles. The Morgan fingerprint density at radius 1 is 1.58 bits per heavy atom. The quantitative estimate of drug-likeness (QED) is 0.649. The molecule has 1 saturated carbocycles. The first-order valence-electron chi connectivity index (χ1n) is 4.90. The Morgan fingerprint density at radius 2 is 2.33 bits per heavy atom. The highest BCUT2D eigenvalue weighted by Gasteiger charge is 2.27. The summed E-state index contributed by atoms with van der Waals surface area (Å²) in [7, 11) is 0. The summed E-state index contributed by atoms with van der Waals surface area (Å²) < 4.78 is 5.43. The zero-order valence-electron chi connectivity index (χ0n) is 8.01. The normalized spacial score (nSPS) is 27.2. The zero-order chi connectivity index (χ0) is 8.97. The monoisotopic (exact) mass is 170 g/mol. The molecule has 0 amide bonds. The minimum atomic E-state index is 0.128. The molecule has 0 saturated heterocycles. The molecule has 1 aliphatic rings. The van der Waals surface area contributed by atoms with E-state index in [1.165, 1.54) is 6.42 Å². The molecule has 1 aliphatic carbocycles. The van der Waals surface area contributed by atoms with Gasteiger partial charge in [0.1, 0.15) is 5.78 Å². The van der Waals surface area contributed by atoms with Crippen molar-refractivity contribution in [2.75, 3.05) is 6.61 Å². The summed E-state index contributed by atoms with van der Waals surface area (Å²) in [5.41, 5.74) is 0. The first-order chi connectivity index (χ1) is 5.75. The minimum absolute atomic E-state index is 0.128. The molecule has 0 aromatic heterocycles. The van der Waals surface area contributed by atoms with E-state index in [-0.39, 0.29) is 12.0 Å². The highest BCUT2D eigenvalue weighted by atomic mass is 16.5. The summed E-state index contributed by atoms with van der Waals surface area (Å²) in [6.45, 7) is 4.70. The van der Waals surface area contributed by atoms with Crippen molar-refractivity contribution in [3.63, 3.8) is 0 Å². The Bertz CT molecular complexity index is 154. The van der Waals surface area contributed by atoms with Crippen molar-refractivity contribution in [2.45, 2.75) is 45.6 Å². The van der Waals surface area contributed by atoms with Crippen LogP contribution in [0.3, 0.4) is 0 Å². The lowest BCUT2D eigenvalue weighted by atomic mass is 9.84. The molecule has 0 radical (unpaired) electrons. The van der Waals surface area contributed by atoms with Crippen LogP contribution in [0.15, 0.2) is 0 Å². The van der Waals surface area contributed by atoms with E-state index in [1.54, 1.807) is 0 Å². The topological polar surface area (TPSA) is 26.3 Å². The first-order valence-corrected chi connectivity index (χ1v) is 4.90. The number of ether oxygens (including phenoxy) is 1. The fraction of sp³-hybridized carbons (Fsp3) is 0.900. The Kier molecular flexibility index (Phi) is 3.73. The molecular weight excluding hydrogens is 152 g/mol. The van der Waals surface area contributed by atoms with Gasteiger partial charge in [-0.3, -0.25) is 4.79 Å². The van der Waals surface area contributed by atoms with Gasteiger partial charge < -0.3 is 4.74 Å². The number of carbonyl (C=O) groups excluding carboxylic acids is 1. The molecule has 0 aromatic rings. The lowest BCUT2D eigenvalue weighted by Crippen LogP contribution is -2.30. The van der Waals surface area contributed by atoms with Gasteiger partial charge in [-0.15, -0.1) is 0 Å². The zero-order valence-corrected chi connectivity index (χ0v) is 8.01. The number of carbonyl (C=O) groups is 1. The van der Waals surface area contributed by atoms with E-state index in [0.717, 1.165) is 19.3 Å². The molecule has 0 spiro atoms. The van der Waals surface area contributed by atoms with Crippen molar-refractivity contribution in [2.24, 2.45) is 5.92 Å². The fourth-order valence-electron chi connectivity index (χ4n) is 1.89. The van der Waals surface area contributed by atoms with Gasteiger partial charge in [0, 0.05) is 18.9 Å². The molecule has 0 bridgehead atoms. The van der Waals surface area contributed by atoms with Crippen molar-refractivity contribution in [1.82, 2.24) is 0 Å². The Labute approximate surface area is 74.3 Å². The summed E-state index contributed by atoms with van der Waals surface area (Å²) in [6.07, 6.45) is 4.19. The van der Waals surface area contributed by atoms with Gasteiger partial charge in [-0.25, -0.2) is 0 Å². The van der Waals surface area contributed by atoms with Crippen LogP contribution < -0.4 is 0 Å². The third kappa shape index (κ3) is 2.31. The van der Waals surface area contributed by atoms with Gasteiger partial charge in [-0.2, -0.15) is 0 Å². The lowest BCUT2D eigenvalue weighted by Gasteiger charge is -2.25. The number of hydrogen-bond donors (Lipinski definition) is 0. The average molecular weight is 170 g/mol. The van der Waals surface area contributed by atoms with Gasteiger partial charge in [-0.05, 0) is 26.7 Å². The van der Waals surface area contributed by atoms with E-state index in [2.05, 4.69) is 0 Å². The third-order valence-electron chi connectivity index (χ3n) is 2.60. The van der Waals surface area contributed by atoms with E-state index >= 15 is 0 Å². The van der Waals surface area contributed by atoms with Crippen molar-refractivity contribution in [3.8, 4) is 0 Å². The summed E-state index contributed by atoms with van der Waals surface area (Å²) in [5, 5.41) is 0. The van der Waals surface area contributed by atoms with Crippen LogP contribution in [0.4, 0.5) is 0 Å². The SMILES string of the molecule is CCOC(C)C1CCCCC1=O. The van der Waals surface area contributed by atoms with Gasteiger partial charge in [0.2, 0.25) is 0 Å². The number of Topliss-reactive ketones (excluding diaryl/α,β-unsaturated/α-hetero) is 1. The third-order valence-corrected chi connectivity index (χ3v) is 2.60. The molecule has 12 heavy (non-hydrogen) atoms. The maximum atomic E-state index is 11.4. The number of hydrogen-bond acceptors (Lipinski definition) is 2. The highest BCUT2D eigenvalue weighted by molar-refractivity contribution is 5.82. The fourth-order valence-corrected chi connectivity index (χ4v) is 1.89. The largest absolute Gasteiger partial charge is 0.378 e. The summed E-state index contributed by atoms with van der Waals surface area (Å²) in [5.74, 6) is 0.584. The summed E-state index contributed by atoms with van der Waals surface area (Å²) >= 11 is 0. The number of ketones is 1. The molecule has 2 nitrogen and oxygen atoms in total. The van der Waals surface area contributed by atoms with Gasteiger partial charge in [0.15, 0.2) is 0 Å². The molecule has 70 valence electrons. The predicted molar refractivity (Wildman–Crippen MR) is 48.1 cm³/mol. The van der Waals surface area contributed by atoms with Crippen LogP contribution >= 0.6 is 0 Å². The van der Waals surface area contributed by atoms with E-state index in [4.69, 9.17) is 4.74 Å². The lowest BCUT2D eigenvalue weighted by molar-refractivity contribution is -0.129. The molecule has 0 aromatic carbocycles. The van der Waals surface area contributed by atoms with E-state index in [1.807, 2.05) is 13.8 Å². The standard InChI is InChI=1S/C10H18O2/c1-3-12-8(2)9-6-4-5-7-10(9)11/h8-9H,3-7H2,1-2H3. The average Bonchev–Trinajstić information content (AvgIpc) is 2.05. The minimum Gasteiger partial charge on any atom is -0.378 e. The van der Waals surface area contributed by atoms with Crippen LogP contribution in [0, 0.1) is 5.92 Å². The molecule has 2 heteroatoms. The van der Waals surface area contributed by atoms with Crippen LogP contribution in [0.5, 0.6) is 0 Å². The van der Waals surface area contributed by atoms with Crippen molar-refractivity contribution in [1.29, 1.82) is 0 Å². The highest BCUT2D eigenvalue weighted by Crippen LogP contribution is 2.24. The van der Waals surface area contributed by atoms with Gasteiger partial charge >= 0.3 is 0 Å². The van der Waals surface area contributed by atoms with Crippen molar-refractivity contribution >= 4 is 5.78 Å². The second-order valence-electron chi connectivity index (χ2n) is 3.48. The van der Waals surface area contributed by atoms with Crippen molar-refractivity contribution < 1.29 is 9.53 Å². The Morgan fingerprint density at radius 3 is 2.92 bits per heavy atom.